The van der Waals surface area contributed by atoms with E-state index in [-0.39, 0.29) is 19.4 Å². The summed E-state index contributed by atoms with van der Waals surface area (Å²) in [5.41, 5.74) is -1.31. The topological polar surface area (TPSA) is 114 Å². The Morgan fingerprint density at radius 3 is 1.87 bits per heavy atom. The molecule has 0 heterocycles. The molecule has 0 aromatic rings. The smallest absolute Gasteiger partial charge is 0.407 e. The fourth-order valence-electron chi connectivity index (χ4n) is 1.52. The van der Waals surface area contributed by atoms with Crippen molar-refractivity contribution in [2.24, 2.45) is 0 Å². The van der Waals surface area contributed by atoms with Crippen LogP contribution < -0.4 is 10.6 Å². The van der Waals surface area contributed by atoms with Crippen molar-refractivity contribution in [3.05, 3.63) is 0 Å². The zero-order valence-electron chi connectivity index (χ0n) is 14.7. The van der Waals surface area contributed by atoms with Gasteiger partial charge in [-0.15, -0.1) is 0 Å². The molecule has 1 unspecified atom stereocenters. The predicted octanol–water partition coefficient (Wildman–Crippen LogP) is 2.27. The molecular formula is C15H28N2O6. The van der Waals surface area contributed by atoms with Crippen LogP contribution in [-0.4, -0.2) is 47.1 Å². The van der Waals surface area contributed by atoms with Crippen LogP contribution in [-0.2, 0) is 14.3 Å². The van der Waals surface area contributed by atoms with Gasteiger partial charge in [-0.05, 0) is 48.0 Å². The van der Waals surface area contributed by atoms with E-state index in [1.54, 1.807) is 41.5 Å². The third kappa shape index (κ3) is 13.4. The minimum atomic E-state index is -0.988. The van der Waals surface area contributed by atoms with E-state index in [0.717, 1.165) is 0 Å². The van der Waals surface area contributed by atoms with Gasteiger partial charge in [-0.2, -0.15) is 0 Å². The van der Waals surface area contributed by atoms with Crippen molar-refractivity contribution in [3.63, 3.8) is 0 Å². The third-order valence-electron chi connectivity index (χ3n) is 2.32. The number of alkyl carbamates (subject to hydrolysis) is 2. The first-order valence-corrected chi connectivity index (χ1v) is 7.46. The molecule has 0 aliphatic rings. The fraction of sp³-hybridized carbons (Fsp3) is 0.800. The minimum absolute atomic E-state index is 0.0431. The summed E-state index contributed by atoms with van der Waals surface area (Å²) in [6.07, 6.45) is -1.29. The number of hydrogen-bond donors (Lipinski definition) is 3. The van der Waals surface area contributed by atoms with Crippen LogP contribution in [0.3, 0.4) is 0 Å². The molecule has 134 valence electrons. The normalized spacial score (nSPS) is 13.0. The third-order valence-corrected chi connectivity index (χ3v) is 2.32. The molecule has 1 atom stereocenters. The highest BCUT2D eigenvalue weighted by atomic mass is 16.6. The van der Waals surface area contributed by atoms with Crippen molar-refractivity contribution in [1.29, 1.82) is 0 Å². The SMILES string of the molecule is CC(C)(C)OC(=O)NCC(CCC(=O)O)NC(=O)OC(C)(C)C. The summed E-state index contributed by atoms with van der Waals surface area (Å²) >= 11 is 0. The van der Waals surface area contributed by atoms with Crippen molar-refractivity contribution in [1.82, 2.24) is 10.6 Å². The Balaban J connectivity index is 4.53. The molecule has 0 radical (unpaired) electrons. The maximum absolute atomic E-state index is 11.8. The molecule has 0 rings (SSSR count). The molecule has 0 spiro atoms. The van der Waals surface area contributed by atoms with Gasteiger partial charge in [-0.1, -0.05) is 0 Å². The Labute approximate surface area is 136 Å². The quantitative estimate of drug-likeness (QED) is 0.687. The van der Waals surface area contributed by atoms with Crippen LogP contribution in [0, 0.1) is 0 Å². The molecule has 8 nitrogen and oxygen atoms in total. The van der Waals surface area contributed by atoms with E-state index in [1.165, 1.54) is 0 Å². The molecule has 2 amide bonds. The van der Waals surface area contributed by atoms with Crippen LogP contribution in [0.5, 0.6) is 0 Å². The monoisotopic (exact) mass is 332 g/mol. The highest BCUT2D eigenvalue weighted by Crippen LogP contribution is 2.08. The van der Waals surface area contributed by atoms with Gasteiger partial charge >= 0.3 is 18.2 Å². The largest absolute Gasteiger partial charge is 0.481 e. The molecule has 0 aliphatic heterocycles. The lowest BCUT2D eigenvalue weighted by Crippen LogP contribution is -2.46. The van der Waals surface area contributed by atoms with Gasteiger partial charge in [0.15, 0.2) is 0 Å². The number of hydrogen-bond acceptors (Lipinski definition) is 5. The zero-order chi connectivity index (χ0) is 18.3. The van der Waals surface area contributed by atoms with E-state index in [1.807, 2.05) is 0 Å². The summed E-state index contributed by atoms with van der Waals surface area (Å²) in [5, 5.41) is 13.8. The van der Waals surface area contributed by atoms with Crippen molar-refractivity contribution in [2.75, 3.05) is 6.54 Å². The second-order valence-electron chi connectivity index (χ2n) is 7.16. The van der Waals surface area contributed by atoms with Gasteiger partial charge in [0.1, 0.15) is 11.2 Å². The van der Waals surface area contributed by atoms with Gasteiger partial charge in [-0.3, -0.25) is 4.79 Å². The van der Waals surface area contributed by atoms with Crippen LogP contribution in [0.1, 0.15) is 54.4 Å². The van der Waals surface area contributed by atoms with Crippen molar-refractivity contribution < 1.29 is 29.0 Å². The molecular weight excluding hydrogens is 304 g/mol. The first-order valence-electron chi connectivity index (χ1n) is 7.46. The van der Waals surface area contributed by atoms with E-state index < -0.39 is 35.4 Å². The lowest BCUT2D eigenvalue weighted by Gasteiger charge is -2.24. The van der Waals surface area contributed by atoms with E-state index in [0.29, 0.717) is 0 Å². The standard InChI is InChI=1S/C15H28N2O6/c1-14(2,3)22-12(20)16-9-10(7-8-11(18)19)17-13(21)23-15(4,5)6/h10H,7-9H2,1-6H3,(H,16,20)(H,17,21)(H,18,19). The van der Waals surface area contributed by atoms with Gasteiger partial charge in [0, 0.05) is 13.0 Å². The van der Waals surface area contributed by atoms with Crippen LogP contribution in [0.2, 0.25) is 0 Å². The highest BCUT2D eigenvalue weighted by molar-refractivity contribution is 5.70. The Kier molecular flexibility index (Phi) is 7.85. The van der Waals surface area contributed by atoms with Crippen LogP contribution in [0.15, 0.2) is 0 Å². The number of ether oxygens (including phenoxy) is 2. The summed E-state index contributed by atoms with van der Waals surface area (Å²) in [7, 11) is 0. The van der Waals surface area contributed by atoms with Crippen molar-refractivity contribution >= 4 is 18.2 Å². The summed E-state index contributed by atoms with van der Waals surface area (Å²) < 4.78 is 10.2. The van der Waals surface area contributed by atoms with Gasteiger partial charge in [0.05, 0.1) is 6.04 Å². The predicted molar refractivity (Wildman–Crippen MR) is 84.3 cm³/mol. The Hall–Kier alpha value is -1.99. The van der Waals surface area contributed by atoms with Crippen molar-refractivity contribution in [3.8, 4) is 0 Å². The number of rotatable bonds is 6. The highest BCUT2D eigenvalue weighted by Gasteiger charge is 2.22. The maximum atomic E-state index is 11.8. The zero-order valence-corrected chi connectivity index (χ0v) is 14.7. The average molecular weight is 332 g/mol. The second kappa shape index (κ2) is 8.59. The molecule has 0 saturated heterocycles. The summed E-state index contributed by atoms with van der Waals surface area (Å²) in [6.45, 7) is 10.4. The van der Waals surface area contributed by atoms with E-state index in [9.17, 15) is 14.4 Å². The van der Waals surface area contributed by atoms with Crippen LogP contribution in [0.25, 0.3) is 0 Å². The van der Waals surface area contributed by atoms with E-state index >= 15 is 0 Å². The van der Waals surface area contributed by atoms with Gasteiger partial charge in [0.25, 0.3) is 0 Å². The lowest BCUT2D eigenvalue weighted by atomic mass is 10.1. The van der Waals surface area contributed by atoms with E-state index in [2.05, 4.69) is 10.6 Å². The molecule has 0 fully saturated rings. The molecule has 3 N–H and O–H groups in total. The molecule has 0 bridgehead atoms. The van der Waals surface area contributed by atoms with Gasteiger partial charge < -0.3 is 25.2 Å². The second-order valence-corrected chi connectivity index (χ2v) is 7.16. The molecule has 23 heavy (non-hydrogen) atoms. The number of amides is 2. The number of aliphatic carboxylic acids is 1. The van der Waals surface area contributed by atoms with Gasteiger partial charge in [-0.25, -0.2) is 9.59 Å². The number of carbonyl (C=O) groups is 3. The molecule has 0 aromatic heterocycles. The number of nitrogens with one attached hydrogen (secondary N) is 2. The summed E-state index contributed by atoms with van der Waals surface area (Å²) in [5.74, 6) is -0.988. The molecule has 8 heteroatoms. The first kappa shape index (κ1) is 21.0. The number of carboxylic acids is 1. The Bertz CT molecular complexity index is 423. The number of carboxylic acid groups (broad SMARTS) is 1. The number of carbonyl (C=O) groups excluding carboxylic acids is 2. The van der Waals surface area contributed by atoms with Crippen molar-refractivity contribution in [2.45, 2.75) is 71.6 Å². The maximum Gasteiger partial charge on any atom is 0.407 e. The molecule has 0 aliphatic carbocycles. The molecule has 0 aromatic carbocycles. The Morgan fingerprint density at radius 1 is 0.957 bits per heavy atom. The Morgan fingerprint density at radius 2 is 1.43 bits per heavy atom. The first-order chi connectivity index (χ1) is 10.3. The fourth-order valence-corrected chi connectivity index (χ4v) is 1.52. The summed E-state index contributed by atoms with van der Waals surface area (Å²) in [6, 6.07) is -0.575. The lowest BCUT2D eigenvalue weighted by molar-refractivity contribution is -0.137. The van der Waals surface area contributed by atoms with E-state index in [4.69, 9.17) is 14.6 Å². The van der Waals surface area contributed by atoms with Gasteiger partial charge in [0.2, 0.25) is 0 Å². The molecule has 0 saturated carbocycles. The average Bonchev–Trinajstić information content (AvgIpc) is 2.27. The van der Waals surface area contributed by atoms with Crippen LogP contribution >= 0.6 is 0 Å². The summed E-state index contributed by atoms with van der Waals surface area (Å²) in [4.78, 5) is 34.1. The minimum Gasteiger partial charge on any atom is -0.481 e. The van der Waals surface area contributed by atoms with Crippen LogP contribution in [0.4, 0.5) is 9.59 Å².